The van der Waals surface area contributed by atoms with Gasteiger partial charge in [0, 0.05) is 6.42 Å². The number of esters is 1. The Balaban J connectivity index is 3.02. The van der Waals surface area contributed by atoms with Gasteiger partial charge in [0.1, 0.15) is 5.75 Å². The van der Waals surface area contributed by atoms with Crippen molar-refractivity contribution >= 4 is 11.9 Å². The molecule has 0 saturated carbocycles. The van der Waals surface area contributed by atoms with Crippen molar-refractivity contribution in [2.75, 3.05) is 7.11 Å². The fourth-order valence-electron chi connectivity index (χ4n) is 1.65. The van der Waals surface area contributed by atoms with Gasteiger partial charge in [-0.05, 0) is 29.7 Å². The number of hydrogen-bond donors (Lipinski definition) is 2. The maximum atomic E-state index is 12.2. The molecule has 0 spiro atoms. The van der Waals surface area contributed by atoms with Gasteiger partial charge in [0.2, 0.25) is 0 Å². The number of aliphatic hydroxyl groups is 1. The number of ether oxygens (including phenoxy) is 2. The smallest absolute Gasteiger partial charge is 0.387 e. The van der Waals surface area contributed by atoms with Gasteiger partial charge in [-0.2, -0.15) is 8.78 Å². The molecule has 1 aromatic carbocycles. The molecule has 0 fully saturated rings. The van der Waals surface area contributed by atoms with Crippen molar-refractivity contribution in [2.24, 2.45) is 0 Å². The Bertz CT molecular complexity index is 517. The second-order valence-electron chi connectivity index (χ2n) is 4.11. The third-order valence-corrected chi connectivity index (χ3v) is 2.61. The summed E-state index contributed by atoms with van der Waals surface area (Å²) >= 11 is 0. The van der Waals surface area contributed by atoms with Gasteiger partial charge in [0.05, 0.1) is 7.11 Å². The van der Waals surface area contributed by atoms with Crippen LogP contribution in [0.2, 0.25) is 0 Å². The molecule has 0 radical (unpaired) electrons. The Morgan fingerprint density at radius 2 is 1.95 bits per heavy atom. The molecule has 0 aliphatic heterocycles. The fraction of sp³-hybridized carbons (Fsp3) is 0.385. The van der Waals surface area contributed by atoms with Gasteiger partial charge in [-0.15, -0.1) is 0 Å². The third-order valence-electron chi connectivity index (χ3n) is 2.61. The molecule has 6 nitrogen and oxygen atoms in total. The molecule has 0 aliphatic rings. The maximum Gasteiger partial charge on any atom is 0.387 e. The van der Waals surface area contributed by atoms with Gasteiger partial charge >= 0.3 is 18.6 Å². The number of carboxylic acids is 1. The number of carboxylic acid groups (broad SMARTS) is 1. The first-order chi connectivity index (χ1) is 9.83. The predicted octanol–water partition coefficient (Wildman–Crippen LogP) is 1.51. The lowest BCUT2D eigenvalue weighted by Crippen LogP contribution is -2.12. The standard InChI is InChI=1S/C13H14F2O6/c1-20-10(16)3-2-7-4-8(11(17)12(18)19)6-9(5-7)21-13(14)15/h4-6,11,13,17H,2-3H2,1H3,(H,18,19). The van der Waals surface area contributed by atoms with E-state index in [9.17, 15) is 23.5 Å². The maximum absolute atomic E-state index is 12.2. The van der Waals surface area contributed by atoms with Gasteiger partial charge in [-0.1, -0.05) is 6.07 Å². The summed E-state index contributed by atoms with van der Waals surface area (Å²) in [5.41, 5.74) is 0.259. The van der Waals surface area contributed by atoms with Crippen molar-refractivity contribution in [1.29, 1.82) is 0 Å². The highest BCUT2D eigenvalue weighted by atomic mass is 19.3. The van der Waals surface area contributed by atoms with E-state index < -0.39 is 24.7 Å². The van der Waals surface area contributed by atoms with Gasteiger partial charge in [0.15, 0.2) is 6.10 Å². The molecule has 0 bridgehead atoms. The molecule has 0 amide bonds. The zero-order valence-electron chi connectivity index (χ0n) is 11.1. The lowest BCUT2D eigenvalue weighted by atomic mass is 10.0. The van der Waals surface area contributed by atoms with Crippen molar-refractivity contribution in [2.45, 2.75) is 25.6 Å². The minimum atomic E-state index is -3.09. The highest BCUT2D eigenvalue weighted by Crippen LogP contribution is 2.24. The number of hydrogen-bond acceptors (Lipinski definition) is 5. The van der Waals surface area contributed by atoms with E-state index in [2.05, 4.69) is 9.47 Å². The summed E-state index contributed by atoms with van der Waals surface area (Å²) in [4.78, 5) is 21.8. The SMILES string of the molecule is COC(=O)CCc1cc(OC(F)F)cc(C(O)C(=O)O)c1. The Hall–Kier alpha value is -2.22. The van der Waals surface area contributed by atoms with Crippen molar-refractivity contribution in [3.63, 3.8) is 0 Å². The van der Waals surface area contributed by atoms with Crippen molar-refractivity contribution < 1.29 is 38.1 Å². The first-order valence-corrected chi connectivity index (χ1v) is 5.90. The Morgan fingerprint density at radius 3 is 2.48 bits per heavy atom. The number of aliphatic carboxylic acids is 1. The number of aliphatic hydroxyl groups excluding tert-OH is 1. The Morgan fingerprint density at radius 1 is 1.29 bits per heavy atom. The van der Waals surface area contributed by atoms with E-state index in [4.69, 9.17) is 5.11 Å². The molecule has 2 N–H and O–H groups in total. The summed E-state index contributed by atoms with van der Waals surface area (Å²) in [5, 5.41) is 18.2. The van der Waals surface area contributed by atoms with E-state index in [1.165, 1.54) is 19.2 Å². The summed E-state index contributed by atoms with van der Waals surface area (Å²) in [6.07, 6.45) is -1.76. The summed E-state index contributed by atoms with van der Waals surface area (Å²) in [6, 6.07) is 3.56. The van der Waals surface area contributed by atoms with Crippen LogP contribution in [0.5, 0.6) is 5.75 Å². The van der Waals surface area contributed by atoms with E-state index in [1.54, 1.807) is 0 Å². The predicted molar refractivity (Wildman–Crippen MR) is 66.0 cm³/mol. The van der Waals surface area contributed by atoms with Crippen LogP contribution in [0.4, 0.5) is 8.78 Å². The number of carbonyl (C=O) groups excluding carboxylic acids is 1. The number of rotatable bonds is 7. The van der Waals surface area contributed by atoms with Crippen molar-refractivity contribution in [3.8, 4) is 5.75 Å². The first kappa shape index (κ1) is 16.8. The first-order valence-electron chi connectivity index (χ1n) is 5.90. The number of aryl methyl sites for hydroxylation is 1. The Labute approximate surface area is 118 Å². The van der Waals surface area contributed by atoms with Crippen LogP contribution in [-0.2, 0) is 20.7 Å². The molecule has 1 unspecified atom stereocenters. The van der Waals surface area contributed by atoms with Crippen LogP contribution in [0.1, 0.15) is 23.7 Å². The summed E-state index contributed by atoms with van der Waals surface area (Å²) in [5.74, 6) is -2.32. The summed E-state index contributed by atoms with van der Waals surface area (Å²) in [7, 11) is 1.21. The molecule has 0 saturated heterocycles. The van der Waals surface area contributed by atoms with Gasteiger partial charge in [-0.3, -0.25) is 4.79 Å². The third kappa shape index (κ3) is 5.35. The van der Waals surface area contributed by atoms with Crippen LogP contribution in [-0.4, -0.2) is 35.9 Å². The molecule has 1 atom stereocenters. The zero-order valence-corrected chi connectivity index (χ0v) is 11.1. The molecule has 1 rings (SSSR count). The minimum absolute atomic E-state index is 0.0166. The van der Waals surface area contributed by atoms with Gasteiger partial charge in [-0.25, -0.2) is 4.79 Å². The van der Waals surface area contributed by atoms with E-state index in [0.717, 1.165) is 6.07 Å². The molecule has 0 aromatic heterocycles. The average Bonchev–Trinajstić information content (AvgIpc) is 2.42. The largest absolute Gasteiger partial charge is 0.479 e. The normalized spacial score (nSPS) is 12.0. The highest BCUT2D eigenvalue weighted by molar-refractivity contribution is 5.74. The number of alkyl halides is 2. The van der Waals surface area contributed by atoms with E-state index >= 15 is 0 Å². The molecular weight excluding hydrogens is 290 g/mol. The number of methoxy groups -OCH3 is 1. The minimum Gasteiger partial charge on any atom is -0.479 e. The van der Waals surface area contributed by atoms with Crippen LogP contribution >= 0.6 is 0 Å². The molecule has 1 aromatic rings. The lowest BCUT2D eigenvalue weighted by Gasteiger charge is -2.12. The fourth-order valence-corrected chi connectivity index (χ4v) is 1.65. The second kappa shape index (κ2) is 7.53. The van der Waals surface area contributed by atoms with Crippen LogP contribution in [0, 0.1) is 0 Å². The number of benzene rings is 1. The van der Waals surface area contributed by atoms with Crippen LogP contribution in [0.3, 0.4) is 0 Å². The average molecular weight is 304 g/mol. The molecule has 8 heteroatoms. The number of halogens is 2. The monoisotopic (exact) mass is 304 g/mol. The molecular formula is C13H14F2O6. The van der Waals surface area contributed by atoms with Crippen molar-refractivity contribution in [1.82, 2.24) is 0 Å². The van der Waals surface area contributed by atoms with Crippen LogP contribution in [0.15, 0.2) is 18.2 Å². The van der Waals surface area contributed by atoms with Crippen LogP contribution in [0.25, 0.3) is 0 Å². The molecule has 116 valence electrons. The molecule has 0 aliphatic carbocycles. The Kier molecular flexibility index (Phi) is 6.04. The quantitative estimate of drug-likeness (QED) is 0.742. The summed E-state index contributed by atoms with van der Waals surface area (Å²) in [6.45, 7) is -3.09. The lowest BCUT2D eigenvalue weighted by molar-refractivity contribution is -0.147. The zero-order chi connectivity index (χ0) is 16.0. The second-order valence-corrected chi connectivity index (χ2v) is 4.11. The molecule has 0 heterocycles. The highest BCUT2D eigenvalue weighted by Gasteiger charge is 2.19. The molecule has 21 heavy (non-hydrogen) atoms. The number of carbonyl (C=O) groups is 2. The van der Waals surface area contributed by atoms with Gasteiger partial charge < -0.3 is 19.7 Å². The topological polar surface area (TPSA) is 93.1 Å². The van der Waals surface area contributed by atoms with E-state index in [0.29, 0.717) is 5.56 Å². The van der Waals surface area contributed by atoms with Crippen molar-refractivity contribution in [3.05, 3.63) is 29.3 Å². The summed E-state index contributed by atoms with van der Waals surface area (Å²) < 4.78 is 33.1. The van der Waals surface area contributed by atoms with E-state index in [1.807, 2.05) is 0 Å². The van der Waals surface area contributed by atoms with Gasteiger partial charge in [0.25, 0.3) is 0 Å². The van der Waals surface area contributed by atoms with E-state index in [-0.39, 0.29) is 24.2 Å². The van der Waals surface area contributed by atoms with Crippen LogP contribution < -0.4 is 4.74 Å².